The van der Waals surface area contributed by atoms with Gasteiger partial charge >= 0.3 is 0 Å². The summed E-state index contributed by atoms with van der Waals surface area (Å²) in [7, 11) is 1.56. The van der Waals surface area contributed by atoms with Crippen LogP contribution in [0.15, 0.2) is 59.4 Å². The molecule has 6 heteroatoms. The predicted molar refractivity (Wildman–Crippen MR) is 97.0 cm³/mol. The lowest BCUT2D eigenvalue weighted by Gasteiger charge is -2.16. The second kappa shape index (κ2) is 7.09. The fourth-order valence-electron chi connectivity index (χ4n) is 2.94. The molecule has 2 aromatic carbocycles. The van der Waals surface area contributed by atoms with Gasteiger partial charge in [0.1, 0.15) is 17.1 Å². The van der Waals surface area contributed by atoms with Gasteiger partial charge in [0.2, 0.25) is 6.41 Å². The maximum atomic E-state index is 13.1. The molecule has 1 N–H and O–H groups in total. The largest absolute Gasteiger partial charge is 0.494 e. The Labute approximate surface area is 145 Å². The van der Waals surface area contributed by atoms with E-state index in [1.807, 2.05) is 60.1 Å². The molecule has 0 radical (unpaired) electrons. The van der Waals surface area contributed by atoms with Gasteiger partial charge in [0.05, 0.1) is 18.5 Å². The lowest BCUT2D eigenvalue weighted by molar-refractivity contribution is -0.105. The lowest BCUT2D eigenvalue weighted by atomic mass is 10.2. The first kappa shape index (κ1) is 16.6. The van der Waals surface area contributed by atoms with Crippen LogP contribution >= 0.6 is 0 Å². The van der Waals surface area contributed by atoms with Crippen LogP contribution in [-0.2, 0) is 11.2 Å². The van der Waals surface area contributed by atoms with Crippen molar-refractivity contribution in [2.24, 2.45) is 0 Å². The zero-order valence-electron chi connectivity index (χ0n) is 14.1. The molecule has 0 fully saturated rings. The van der Waals surface area contributed by atoms with Gasteiger partial charge in [0.15, 0.2) is 0 Å². The standard InChI is InChI=1S/C19H19N3O3/c1-3-15-18(20-13-23)19(24)22(16-11-7-8-12-17(16)25-2)21(15)14-9-5-4-6-10-14/h4-13H,3H2,1-2H3,(H,20,23). The first-order chi connectivity index (χ1) is 12.2. The minimum atomic E-state index is -0.308. The van der Waals surface area contributed by atoms with Crippen molar-refractivity contribution in [3.63, 3.8) is 0 Å². The molecular weight excluding hydrogens is 318 g/mol. The number of carbonyl (C=O) groups is 1. The molecule has 0 aliphatic heterocycles. The van der Waals surface area contributed by atoms with Gasteiger partial charge in [0.25, 0.3) is 5.56 Å². The molecule has 0 aliphatic carbocycles. The number of benzene rings is 2. The van der Waals surface area contributed by atoms with E-state index in [0.29, 0.717) is 30.0 Å². The average Bonchev–Trinajstić information content (AvgIpc) is 2.94. The zero-order chi connectivity index (χ0) is 17.8. The number of hydrogen-bond donors (Lipinski definition) is 1. The van der Waals surface area contributed by atoms with Gasteiger partial charge in [-0.05, 0) is 30.7 Å². The van der Waals surface area contributed by atoms with Gasteiger partial charge in [-0.3, -0.25) is 9.59 Å². The number of carbonyl (C=O) groups excluding carboxylic acids is 1. The lowest BCUT2D eigenvalue weighted by Crippen LogP contribution is -2.22. The highest BCUT2D eigenvalue weighted by atomic mass is 16.5. The molecule has 128 valence electrons. The smallest absolute Gasteiger partial charge is 0.295 e. The molecule has 3 rings (SSSR count). The number of amides is 1. The van der Waals surface area contributed by atoms with Crippen LogP contribution in [0.5, 0.6) is 5.75 Å². The van der Waals surface area contributed by atoms with E-state index in [1.165, 1.54) is 4.68 Å². The zero-order valence-corrected chi connectivity index (χ0v) is 14.1. The fraction of sp³-hybridized carbons (Fsp3) is 0.158. The predicted octanol–water partition coefficient (Wildman–Crippen LogP) is 2.77. The maximum Gasteiger partial charge on any atom is 0.295 e. The van der Waals surface area contributed by atoms with Crippen molar-refractivity contribution in [2.45, 2.75) is 13.3 Å². The summed E-state index contributed by atoms with van der Waals surface area (Å²) >= 11 is 0. The van der Waals surface area contributed by atoms with E-state index in [0.717, 1.165) is 5.69 Å². The molecule has 0 saturated heterocycles. The van der Waals surface area contributed by atoms with Crippen molar-refractivity contribution in [2.75, 3.05) is 12.4 Å². The molecule has 0 spiro atoms. The van der Waals surface area contributed by atoms with Gasteiger partial charge in [-0.15, -0.1) is 0 Å². The molecule has 0 aliphatic rings. The fourth-order valence-corrected chi connectivity index (χ4v) is 2.94. The summed E-state index contributed by atoms with van der Waals surface area (Å²) < 4.78 is 8.76. The first-order valence-corrected chi connectivity index (χ1v) is 7.98. The summed E-state index contributed by atoms with van der Waals surface area (Å²) in [6.45, 7) is 1.94. The van der Waals surface area contributed by atoms with Crippen LogP contribution in [0.3, 0.4) is 0 Å². The van der Waals surface area contributed by atoms with Crippen molar-refractivity contribution < 1.29 is 9.53 Å². The second-order valence-corrected chi connectivity index (χ2v) is 5.37. The van der Waals surface area contributed by atoms with Gasteiger partial charge in [-0.1, -0.05) is 37.3 Å². The molecule has 1 amide bonds. The Morgan fingerprint density at radius 1 is 1.04 bits per heavy atom. The quantitative estimate of drug-likeness (QED) is 0.704. The van der Waals surface area contributed by atoms with E-state index in [9.17, 15) is 9.59 Å². The minimum absolute atomic E-state index is 0.271. The highest BCUT2D eigenvalue weighted by Crippen LogP contribution is 2.26. The van der Waals surface area contributed by atoms with E-state index in [-0.39, 0.29) is 11.2 Å². The van der Waals surface area contributed by atoms with E-state index >= 15 is 0 Å². The summed E-state index contributed by atoms with van der Waals surface area (Å²) in [5.41, 5.74) is 2.10. The number of aromatic nitrogens is 2. The number of anilines is 1. The summed E-state index contributed by atoms with van der Waals surface area (Å²) in [4.78, 5) is 24.1. The maximum absolute atomic E-state index is 13.1. The van der Waals surface area contributed by atoms with Gasteiger partial charge < -0.3 is 10.1 Å². The molecule has 0 atom stereocenters. The topological polar surface area (TPSA) is 65.3 Å². The molecule has 3 aromatic rings. The Bertz CT molecular complexity index is 942. The van der Waals surface area contributed by atoms with E-state index in [2.05, 4.69) is 5.32 Å². The van der Waals surface area contributed by atoms with Crippen molar-refractivity contribution in [3.05, 3.63) is 70.6 Å². The summed E-state index contributed by atoms with van der Waals surface area (Å²) in [6.07, 6.45) is 1.10. The number of methoxy groups -OCH3 is 1. The molecule has 6 nitrogen and oxygen atoms in total. The van der Waals surface area contributed by atoms with Crippen molar-refractivity contribution in [1.82, 2.24) is 9.36 Å². The third-order valence-electron chi connectivity index (χ3n) is 4.00. The Morgan fingerprint density at radius 2 is 1.72 bits per heavy atom. The third-order valence-corrected chi connectivity index (χ3v) is 4.00. The van der Waals surface area contributed by atoms with Crippen LogP contribution < -0.4 is 15.6 Å². The monoisotopic (exact) mass is 337 g/mol. The van der Waals surface area contributed by atoms with Crippen LogP contribution in [-0.4, -0.2) is 22.9 Å². The third kappa shape index (κ3) is 2.82. The van der Waals surface area contributed by atoms with Crippen LogP contribution in [0.1, 0.15) is 12.6 Å². The number of rotatable bonds is 6. The minimum Gasteiger partial charge on any atom is -0.494 e. The van der Waals surface area contributed by atoms with Crippen LogP contribution in [0.25, 0.3) is 11.4 Å². The molecule has 0 bridgehead atoms. The Hall–Kier alpha value is -3.28. The second-order valence-electron chi connectivity index (χ2n) is 5.37. The van der Waals surface area contributed by atoms with E-state index < -0.39 is 0 Å². The Balaban J connectivity index is 2.41. The first-order valence-electron chi connectivity index (χ1n) is 7.98. The normalized spacial score (nSPS) is 10.5. The molecule has 1 heterocycles. The number of nitrogens with zero attached hydrogens (tertiary/aromatic N) is 2. The number of hydrogen-bond acceptors (Lipinski definition) is 3. The van der Waals surface area contributed by atoms with Gasteiger partial charge in [0, 0.05) is 0 Å². The summed E-state index contributed by atoms with van der Waals surface area (Å²) in [5.74, 6) is 0.569. The van der Waals surface area contributed by atoms with Crippen molar-refractivity contribution in [3.8, 4) is 17.1 Å². The van der Waals surface area contributed by atoms with Crippen LogP contribution in [0.2, 0.25) is 0 Å². The summed E-state index contributed by atoms with van der Waals surface area (Å²) in [6, 6.07) is 16.8. The SMILES string of the molecule is CCc1c(NC=O)c(=O)n(-c2ccccc2OC)n1-c1ccccc1. The molecule has 1 aromatic heterocycles. The number of ether oxygens (including phenoxy) is 1. The Morgan fingerprint density at radius 3 is 2.36 bits per heavy atom. The highest BCUT2D eigenvalue weighted by Gasteiger charge is 2.22. The Kier molecular flexibility index (Phi) is 4.70. The van der Waals surface area contributed by atoms with Gasteiger partial charge in [-0.25, -0.2) is 9.36 Å². The van der Waals surface area contributed by atoms with Gasteiger partial charge in [-0.2, -0.15) is 0 Å². The van der Waals surface area contributed by atoms with E-state index in [4.69, 9.17) is 4.74 Å². The molecule has 0 saturated carbocycles. The average molecular weight is 337 g/mol. The summed E-state index contributed by atoms with van der Waals surface area (Å²) in [5, 5.41) is 2.56. The van der Waals surface area contributed by atoms with Crippen molar-refractivity contribution >= 4 is 12.1 Å². The van der Waals surface area contributed by atoms with E-state index in [1.54, 1.807) is 13.2 Å². The van der Waals surface area contributed by atoms with Crippen LogP contribution in [0, 0.1) is 0 Å². The highest BCUT2D eigenvalue weighted by molar-refractivity contribution is 5.73. The number of para-hydroxylation sites is 3. The molecule has 25 heavy (non-hydrogen) atoms. The molecular formula is C19H19N3O3. The van der Waals surface area contributed by atoms with Crippen LogP contribution in [0.4, 0.5) is 5.69 Å². The molecule has 0 unspecified atom stereocenters. The van der Waals surface area contributed by atoms with Crippen molar-refractivity contribution in [1.29, 1.82) is 0 Å². The number of nitrogens with one attached hydrogen (secondary N) is 1.